The van der Waals surface area contributed by atoms with E-state index in [1.165, 1.54) is 0 Å². The van der Waals surface area contributed by atoms with Gasteiger partial charge in [-0.3, -0.25) is 4.90 Å². The molecule has 1 saturated heterocycles. The van der Waals surface area contributed by atoms with Crippen molar-refractivity contribution in [1.29, 1.82) is 0 Å². The van der Waals surface area contributed by atoms with E-state index in [9.17, 15) is 0 Å². The summed E-state index contributed by atoms with van der Waals surface area (Å²) >= 11 is 6.33. The lowest BCUT2D eigenvalue weighted by atomic mass is 10.1. The van der Waals surface area contributed by atoms with E-state index in [1.807, 2.05) is 12.1 Å². The van der Waals surface area contributed by atoms with Crippen molar-refractivity contribution < 1.29 is 0 Å². The van der Waals surface area contributed by atoms with Gasteiger partial charge in [0, 0.05) is 38.8 Å². The number of hydrogen-bond acceptors (Lipinski definition) is 3. The Labute approximate surface area is 115 Å². The quantitative estimate of drug-likeness (QED) is 0.912. The van der Waals surface area contributed by atoms with Gasteiger partial charge < -0.3 is 10.6 Å². The number of para-hydroxylation sites is 1. The third-order valence-electron chi connectivity index (χ3n) is 3.65. The molecule has 1 fully saturated rings. The fraction of sp³-hybridized carbons (Fsp3) is 0.571. The summed E-state index contributed by atoms with van der Waals surface area (Å²) in [4.78, 5) is 4.86. The van der Waals surface area contributed by atoms with Gasteiger partial charge in [-0.2, -0.15) is 0 Å². The lowest BCUT2D eigenvalue weighted by Crippen LogP contribution is -2.49. The molecule has 1 aromatic carbocycles. The zero-order valence-electron chi connectivity index (χ0n) is 11.2. The van der Waals surface area contributed by atoms with Gasteiger partial charge >= 0.3 is 0 Å². The fourth-order valence-electron chi connectivity index (χ4n) is 2.54. The lowest BCUT2D eigenvalue weighted by Gasteiger charge is -2.39. The molecule has 0 saturated carbocycles. The van der Waals surface area contributed by atoms with Crippen LogP contribution in [0.3, 0.4) is 0 Å². The predicted octanol–water partition coefficient (Wildman–Crippen LogP) is 2.33. The molecule has 1 aromatic rings. The van der Waals surface area contributed by atoms with E-state index in [1.54, 1.807) is 0 Å². The molecule has 1 heterocycles. The second kappa shape index (κ2) is 5.91. The SMILES string of the molecule is CC(C)N1CCN(c2c(Cl)cccc2CN)CC1. The van der Waals surface area contributed by atoms with Crippen LogP contribution in [-0.4, -0.2) is 37.1 Å². The lowest BCUT2D eigenvalue weighted by molar-refractivity contribution is 0.209. The third-order valence-corrected chi connectivity index (χ3v) is 3.96. The molecule has 0 aromatic heterocycles. The Balaban J connectivity index is 2.14. The zero-order valence-corrected chi connectivity index (χ0v) is 12.0. The Morgan fingerprint density at radius 2 is 1.89 bits per heavy atom. The molecular weight excluding hydrogens is 246 g/mol. The van der Waals surface area contributed by atoms with Crippen LogP contribution in [0, 0.1) is 0 Å². The minimum Gasteiger partial charge on any atom is -0.368 e. The summed E-state index contributed by atoms with van der Waals surface area (Å²) in [7, 11) is 0. The highest BCUT2D eigenvalue weighted by molar-refractivity contribution is 6.33. The number of nitrogens with two attached hydrogens (primary N) is 1. The van der Waals surface area contributed by atoms with Gasteiger partial charge in [0.05, 0.1) is 10.7 Å². The Morgan fingerprint density at radius 3 is 2.44 bits per heavy atom. The van der Waals surface area contributed by atoms with E-state index < -0.39 is 0 Å². The summed E-state index contributed by atoms with van der Waals surface area (Å²) in [6.07, 6.45) is 0. The maximum Gasteiger partial charge on any atom is 0.0642 e. The van der Waals surface area contributed by atoms with Crippen LogP contribution >= 0.6 is 11.6 Å². The van der Waals surface area contributed by atoms with Gasteiger partial charge in [0.2, 0.25) is 0 Å². The molecule has 0 bridgehead atoms. The highest BCUT2D eigenvalue weighted by atomic mass is 35.5. The molecule has 0 aliphatic carbocycles. The van der Waals surface area contributed by atoms with Crippen molar-refractivity contribution in [3.8, 4) is 0 Å². The number of anilines is 1. The Kier molecular flexibility index (Phi) is 4.49. The minimum atomic E-state index is 0.542. The van der Waals surface area contributed by atoms with E-state index >= 15 is 0 Å². The average Bonchev–Trinajstić information content (AvgIpc) is 2.38. The number of nitrogens with zero attached hydrogens (tertiary/aromatic N) is 2. The first kappa shape index (κ1) is 13.7. The monoisotopic (exact) mass is 267 g/mol. The van der Waals surface area contributed by atoms with Gasteiger partial charge in [-0.05, 0) is 25.5 Å². The number of hydrogen-bond donors (Lipinski definition) is 1. The van der Waals surface area contributed by atoms with Crippen molar-refractivity contribution in [2.45, 2.75) is 26.4 Å². The molecule has 0 atom stereocenters. The number of rotatable bonds is 3. The zero-order chi connectivity index (χ0) is 13.1. The third kappa shape index (κ3) is 2.79. The highest BCUT2D eigenvalue weighted by Crippen LogP contribution is 2.30. The van der Waals surface area contributed by atoms with Crippen LogP contribution in [0.25, 0.3) is 0 Å². The Morgan fingerprint density at radius 1 is 1.22 bits per heavy atom. The largest absolute Gasteiger partial charge is 0.368 e. The fourth-order valence-corrected chi connectivity index (χ4v) is 2.85. The molecule has 0 unspecified atom stereocenters. The van der Waals surface area contributed by atoms with E-state index in [4.69, 9.17) is 17.3 Å². The van der Waals surface area contributed by atoms with Crippen LogP contribution < -0.4 is 10.6 Å². The molecule has 4 heteroatoms. The first-order chi connectivity index (χ1) is 8.63. The summed E-state index contributed by atoms with van der Waals surface area (Å²) in [5, 5.41) is 0.816. The first-order valence-electron chi connectivity index (χ1n) is 6.60. The molecule has 0 amide bonds. The van der Waals surface area contributed by atoms with Crippen molar-refractivity contribution in [2.75, 3.05) is 31.1 Å². The Hall–Kier alpha value is -0.770. The van der Waals surface area contributed by atoms with Crippen LogP contribution in [-0.2, 0) is 6.54 Å². The van der Waals surface area contributed by atoms with Gasteiger partial charge in [0.1, 0.15) is 0 Å². The van der Waals surface area contributed by atoms with Crippen LogP contribution in [0.5, 0.6) is 0 Å². The molecule has 100 valence electrons. The summed E-state index contributed by atoms with van der Waals surface area (Å²) < 4.78 is 0. The number of benzene rings is 1. The maximum atomic E-state index is 6.33. The number of piperazine rings is 1. The molecule has 2 rings (SSSR count). The predicted molar refractivity (Wildman–Crippen MR) is 78.3 cm³/mol. The second-order valence-electron chi connectivity index (χ2n) is 5.07. The van der Waals surface area contributed by atoms with Crippen LogP contribution in [0.1, 0.15) is 19.4 Å². The summed E-state index contributed by atoms with van der Waals surface area (Å²) in [5.74, 6) is 0. The van der Waals surface area contributed by atoms with E-state index in [0.29, 0.717) is 12.6 Å². The second-order valence-corrected chi connectivity index (χ2v) is 5.48. The standard InChI is InChI=1S/C14H22ClN3/c1-11(2)17-6-8-18(9-7-17)14-12(10-16)4-3-5-13(14)15/h3-5,11H,6-10,16H2,1-2H3. The van der Waals surface area contributed by atoms with Gasteiger partial charge in [-0.25, -0.2) is 0 Å². The van der Waals surface area contributed by atoms with E-state index in [-0.39, 0.29) is 0 Å². The van der Waals surface area contributed by atoms with Crippen LogP contribution in [0.15, 0.2) is 18.2 Å². The molecule has 0 spiro atoms. The van der Waals surface area contributed by atoms with Gasteiger partial charge in [0.25, 0.3) is 0 Å². The number of halogens is 1. The van der Waals surface area contributed by atoms with Crippen molar-refractivity contribution in [1.82, 2.24) is 4.90 Å². The van der Waals surface area contributed by atoms with Gasteiger partial charge in [-0.15, -0.1) is 0 Å². The Bertz CT molecular complexity index is 398. The summed E-state index contributed by atoms with van der Waals surface area (Å²) in [5.41, 5.74) is 8.08. The van der Waals surface area contributed by atoms with E-state index in [2.05, 4.69) is 29.7 Å². The maximum absolute atomic E-state index is 6.33. The average molecular weight is 268 g/mol. The molecule has 3 nitrogen and oxygen atoms in total. The molecule has 2 N–H and O–H groups in total. The highest BCUT2D eigenvalue weighted by Gasteiger charge is 2.21. The first-order valence-corrected chi connectivity index (χ1v) is 6.97. The molecular formula is C14H22ClN3. The normalized spacial score (nSPS) is 17.5. The smallest absolute Gasteiger partial charge is 0.0642 e. The van der Waals surface area contributed by atoms with Gasteiger partial charge in [0.15, 0.2) is 0 Å². The molecule has 1 aliphatic rings. The van der Waals surface area contributed by atoms with Crippen molar-refractivity contribution in [2.24, 2.45) is 5.73 Å². The van der Waals surface area contributed by atoms with Crippen molar-refractivity contribution in [3.05, 3.63) is 28.8 Å². The topological polar surface area (TPSA) is 32.5 Å². The van der Waals surface area contributed by atoms with Crippen LogP contribution in [0.2, 0.25) is 5.02 Å². The van der Waals surface area contributed by atoms with Crippen molar-refractivity contribution in [3.63, 3.8) is 0 Å². The molecule has 1 aliphatic heterocycles. The van der Waals surface area contributed by atoms with Crippen LogP contribution in [0.4, 0.5) is 5.69 Å². The molecule has 0 radical (unpaired) electrons. The minimum absolute atomic E-state index is 0.542. The van der Waals surface area contributed by atoms with Crippen molar-refractivity contribution >= 4 is 17.3 Å². The summed E-state index contributed by atoms with van der Waals surface area (Å²) in [6.45, 7) is 9.26. The van der Waals surface area contributed by atoms with Gasteiger partial charge in [-0.1, -0.05) is 23.7 Å². The summed E-state index contributed by atoms with van der Waals surface area (Å²) in [6, 6.07) is 6.60. The van der Waals surface area contributed by atoms with E-state index in [0.717, 1.165) is 42.5 Å². The molecule has 18 heavy (non-hydrogen) atoms.